The van der Waals surface area contributed by atoms with Crippen LogP contribution in [0.5, 0.6) is 0 Å². The van der Waals surface area contributed by atoms with Crippen molar-refractivity contribution in [3.8, 4) is 0 Å². The Balaban J connectivity index is 1.67. The van der Waals surface area contributed by atoms with Gasteiger partial charge >= 0.3 is 0 Å². The maximum absolute atomic E-state index is 14.1. The van der Waals surface area contributed by atoms with Crippen LogP contribution in [0.1, 0.15) is 23.6 Å². The Labute approximate surface area is 190 Å². The highest BCUT2D eigenvalue weighted by molar-refractivity contribution is 8.03. The van der Waals surface area contributed by atoms with Crippen molar-refractivity contribution in [2.75, 3.05) is 9.80 Å². The van der Waals surface area contributed by atoms with Crippen molar-refractivity contribution in [2.24, 2.45) is 0 Å². The van der Waals surface area contributed by atoms with Crippen molar-refractivity contribution in [2.45, 2.75) is 30.5 Å². The average molecular weight is 449 g/mol. The molecule has 0 aromatic heterocycles. The number of nitrogens with zero attached hydrogens (tertiary/aromatic N) is 2. The molecule has 4 nitrogen and oxygen atoms in total. The molecule has 6 heteroatoms. The van der Waals surface area contributed by atoms with Crippen LogP contribution in [0.25, 0.3) is 0 Å². The van der Waals surface area contributed by atoms with Gasteiger partial charge in [-0.25, -0.2) is 0 Å². The van der Waals surface area contributed by atoms with Crippen LogP contribution in [0.4, 0.5) is 11.4 Å². The molecule has 2 aliphatic heterocycles. The van der Waals surface area contributed by atoms with E-state index >= 15 is 0 Å². The molecule has 2 heterocycles. The summed E-state index contributed by atoms with van der Waals surface area (Å²) in [7, 11) is 0. The fourth-order valence-corrected chi connectivity index (χ4v) is 6.11. The smallest absolute Gasteiger partial charge is 0.269 e. The first-order valence-corrected chi connectivity index (χ1v) is 11.4. The number of hydrogen-bond donors (Lipinski definition) is 0. The third-order valence-corrected chi connectivity index (χ3v) is 7.75. The van der Waals surface area contributed by atoms with Crippen molar-refractivity contribution in [1.82, 2.24) is 0 Å². The summed E-state index contributed by atoms with van der Waals surface area (Å²) in [5.41, 5.74) is 4.36. The summed E-state index contributed by atoms with van der Waals surface area (Å²) in [5, 5.41) is 0.284. The number of benzene rings is 3. The highest BCUT2D eigenvalue weighted by Gasteiger charge is 2.63. The molecule has 5 rings (SSSR count). The van der Waals surface area contributed by atoms with Gasteiger partial charge in [0.2, 0.25) is 10.8 Å². The summed E-state index contributed by atoms with van der Waals surface area (Å²) in [4.78, 5) is 29.8. The summed E-state index contributed by atoms with van der Waals surface area (Å²) in [6.45, 7) is 4.22. The molecule has 1 spiro atoms. The van der Waals surface area contributed by atoms with Gasteiger partial charge in [-0.05, 0) is 43.7 Å². The summed E-state index contributed by atoms with van der Waals surface area (Å²) in [5.74, 6) is -0.173. The maximum Gasteiger partial charge on any atom is 0.269 e. The van der Waals surface area contributed by atoms with E-state index in [0.717, 1.165) is 28.1 Å². The number of carbonyl (C=O) groups excluding carboxylic acids is 2. The van der Waals surface area contributed by atoms with Crippen LogP contribution in [0.15, 0.2) is 72.8 Å². The molecule has 1 fully saturated rings. The summed E-state index contributed by atoms with van der Waals surface area (Å²) in [6.07, 6.45) is 0. The van der Waals surface area contributed by atoms with E-state index < -0.39 is 4.87 Å². The van der Waals surface area contributed by atoms with E-state index in [0.29, 0.717) is 11.6 Å². The highest BCUT2D eigenvalue weighted by Crippen LogP contribution is 2.58. The van der Waals surface area contributed by atoms with Crippen LogP contribution >= 0.6 is 23.4 Å². The summed E-state index contributed by atoms with van der Waals surface area (Å²) < 4.78 is 0. The Hall–Kier alpha value is -2.76. The van der Waals surface area contributed by atoms with Gasteiger partial charge in [0.1, 0.15) is 0 Å². The van der Waals surface area contributed by atoms with Gasteiger partial charge in [0.05, 0.1) is 17.5 Å². The second-order valence-electron chi connectivity index (χ2n) is 7.91. The predicted octanol–water partition coefficient (Wildman–Crippen LogP) is 5.52. The lowest BCUT2D eigenvalue weighted by molar-refractivity contribution is -0.124. The molecule has 3 aromatic carbocycles. The lowest BCUT2D eigenvalue weighted by Crippen LogP contribution is -2.49. The van der Waals surface area contributed by atoms with Crippen LogP contribution in [-0.4, -0.2) is 17.1 Å². The molecule has 0 aliphatic carbocycles. The normalized spacial score (nSPS) is 22.5. The number of amides is 2. The Morgan fingerprint density at radius 1 is 0.968 bits per heavy atom. The number of halogens is 1. The van der Waals surface area contributed by atoms with Crippen LogP contribution < -0.4 is 9.80 Å². The molecule has 2 atom stereocenters. The Kier molecular flexibility index (Phi) is 4.83. The third kappa shape index (κ3) is 2.99. The van der Waals surface area contributed by atoms with E-state index in [1.165, 1.54) is 11.8 Å². The molecular formula is C25H21ClN2O2S. The SMILES string of the molecule is Cc1ccc(N2C(=O)[C@H](C)S[C@@]23C(=O)N(Cc2ccccc2Cl)c2ccccc23)cc1. The van der Waals surface area contributed by atoms with Gasteiger partial charge in [0.15, 0.2) is 0 Å². The van der Waals surface area contributed by atoms with Gasteiger partial charge in [0, 0.05) is 16.3 Å². The lowest BCUT2D eigenvalue weighted by atomic mass is 10.0. The average Bonchev–Trinajstić information content (AvgIpc) is 3.17. The Morgan fingerprint density at radius 3 is 2.39 bits per heavy atom. The Bertz CT molecular complexity index is 1200. The van der Waals surface area contributed by atoms with Gasteiger partial charge in [-0.1, -0.05) is 65.7 Å². The molecule has 2 aliphatic rings. The van der Waals surface area contributed by atoms with Gasteiger partial charge in [-0.2, -0.15) is 0 Å². The van der Waals surface area contributed by atoms with Crippen LogP contribution in [0, 0.1) is 6.92 Å². The van der Waals surface area contributed by atoms with Gasteiger partial charge in [-0.3, -0.25) is 14.5 Å². The number of para-hydroxylation sites is 1. The number of fused-ring (bicyclic) bond motifs is 2. The maximum atomic E-state index is 14.1. The molecule has 0 bridgehead atoms. The van der Waals surface area contributed by atoms with Crippen molar-refractivity contribution in [3.63, 3.8) is 0 Å². The first-order valence-electron chi connectivity index (χ1n) is 10.2. The first-order chi connectivity index (χ1) is 14.9. The number of hydrogen-bond acceptors (Lipinski definition) is 3. The van der Waals surface area contributed by atoms with E-state index in [4.69, 9.17) is 11.6 Å². The van der Waals surface area contributed by atoms with Crippen molar-refractivity contribution in [1.29, 1.82) is 0 Å². The molecular weight excluding hydrogens is 428 g/mol. The van der Waals surface area contributed by atoms with Crippen LogP contribution in [0.3, 0.4) is 0 Å². The van der Waals surface area contributed by atoms with E-state index in [2.05, 4.69) is 0 Å². The van der Waals surface area contributed by atoms with Gasteiger partial charge in [0.25, 0.3) is 5.91 Å². The number of rotatable bonds is 3. The minimum absolute atomic E-state index is 0.0587. The first kappa shape index (κ1) is 20.2. The zero-order valence-corrected chi connectivity index (χ0v) is 18.8. The van der Waals surface area contributed by atoms with Crippen LogP contribution in [-0.2, 0) is 21.0 Å². The van der Waals surface area contributed by atoms with Crippen molar-refractivity contribution < 1.29 is 9.59 Å². The van der Waals surface area contributed by atoms with Gasteiger partial charge < -0.3 is 4.90 Å². The molecule has 156 valence electrons. The van der Waals surface area contributed by atoms with E-state index in [9.17, 15) is 9.59 Å². The number of aryl methyl sites for hydroxylation is 1. The minimum Gasteiger partial charge on any atom is -0.304 e. The molecule has 0 radical (unpaired) electrons. The zero-order chi connectivity index (χ0) is 21.8. The molecule has 0 saturated carbocycles. The molecule has 0 N–H and O–H groups in total. The molecule has 2 amide bonds. The third-order valence-electron chi connectivity index (χ3n) is 5.90. The highest BCUT2D eigenvalue weighted by atomic mass is 35.5. The number of carbonyl (C=O) groups is 2. The fourth-order valence-electron chi connectivity index (χ4n) is 4.39. The Morgan fingerprint density at radius 2 is 1.65 bits per heavy atom. The van der Waals surface area contributed by atoms with E-state index in [-0.39, 0.29) is 17.1 Å². The van der Waals surface area contributed by atoms with Gasteiger partial charge in [-0.15, -0.1) is 11.8 Å². The predicted molar refractivity (Wildman–Crippen MR) is 126 cm³/mol. The van der Waals surface area contributed by atoms with E-state index in [1.54, 1.807) is 9.80 Å². The molecule has 0 unspecified atom stereocenters. The zero-order valence-electron chi connectivity index (χ0n) is 17.2. The van der Waals surface area contributed by atoms with E-state index in [1.807, 2.05) is 86.6 Å². The second kappa shape index (κ2) is 7.43. The quantitative estimate of drug-likeness (QED) is 0.530. The van der Waals surface area contributed by atoms with Crippen LogP contribution in [0.2, 0.25) is 5.02 Å². The molecule has 1 saturated heterocycles. The second-order valence-corrected chi connectivity index (χ2v) is 9.85. The topological polar surface area (TPSA) is 40.6 Å². The number of thioether (sulfide) groups is 1. The summed E-state index contributed by atoms with van der Waals surface area (Å²) in [6, 6.07) is 23.1. The number of anilines is 2. The molecule has 3 aromatic rings. The van der Waals surface area contributed by atoms with Crippen molar-refractivity contribution >= 4 is 46.6 Å². The fraction of sp³-hybridized carbons (Fsp3) is 0.200. The standard InChI is InChI=1S/C25H21ClN2O2S/c1-16-11-13-19(14-12-16)28-23(29)17(2)31-25(28)20-8-4-6-10-22(20)27(24(25)30)15-18-7-3-5-9-21(18)26/h3-14,17H,15H2,1-2H3/t17-,25-/m0/s1. The lowest BCUT2D eigenvalue weighted by Gasteiger charge is -2.33. The van der Waals surface area contributed by atoms with Crippen molar-refractivity contribution in [3.05, 3.63) is 94.5 Å². The largest absolute Gasteiger partial charge is 0.304 e. The summed E-state index contributed by atoms with van der Waals surface area (Å²) >= 11 is 7.82. The minimum atomic E-state index is -1.12. The molecule has 31 heavy (non-hydrogen) atoms. The monoisotopic (exact) mass is 448 g/mol.